The summed E-state index contributed by atoms with van der Waals surface area (Å²) in [6, 6.07) is 22.4. The number of aromatic nitrogens is 1. The number of hydrogen-bond donors (Lipinski definition) is 1. The summed E-state index contributed by atoms with van der Waals surface area (Å²) in [6.07, 6.45) is 1.05. The second-order valence-electron chi connectivity index (χ2n) is 8.30. The summed E-state index contributed by atoms with van der Waals surface area (Å²) in [5.74, 6) is 1.43. The highest BCUT2D eigenvalue weighted by molar-refractivity contribution is 7.13. The molecule has 5 nitrogen and oxygen atoms in total. The Balaban J connectivity index is 1.28. The van der Waals surface area contributed by atoms with Crippen molar-refractivity contribution in [2.24, 2.45) is 0 Å². The molecule has 3 aromatic carbocycles. The molecule has 4 rings (SSSR count). The van der Waals surface area contributed by atoms with E-state index in [-0.39, 0.29) is 5.91 Å². The summed E-state index contributed by atoms with van der Waals surface area (Å²) in [5, 5.41) is 6.09. The van der Waals surface area contributed by atoms with Gasteiger partial charge in [0.25, 0.3) is 0 Å². The van der Waals surface area contributed by atoms with Gasteiger partial charge in [-0.05, 0) is 43.5 Å². The predicted molar refractivity (Wildman–Crippen MR) is 142 cm³/mol. The first-order valence-electron chi connectivity index (χ1n) is 11.7. The molecule has 0 radical (unpaired) electrons. The smallest absolute Gasteiger partial charge is 0.220 e. The minimum absolute atomic E-state index is 0.0181. The average molecular weight is 487 g/mol. The first-order valence-corrected chi connectivity index (χ1v) is 12.6. The molecule has 0 aliphatic heterocycles. The minimum Gasteiger partial charge on any atom is -0.493 e. The number of nitrogens with zero attached hydrogens (tertiary/aromatic N) is 1. The lowest BCUT2D eigenvalue weighted by Crippen LogP contribution is -2.22. The van der Waals surface area contributed by atoms with Crippen LogP contribution in [0.1, 0.15) is 30.0 Å². The normalized spacial score (nSPS) is 10.7. The van der Waals surface area contributed by atoms with E-state index in [0.717, 1.165) is 38.7 Å². The molecule has 6 heteroatoms. The van der Waals surface area contributed by atoms with Gasteiger partial charge in [0, 0.05) is 29.5 Å². The monoisotopic (exact) mass is 486 g/mol. The van der Waals surface area contributed by atoms with E-state index in [0.29, 0.717) is 31.7 Å². The Kier molecular flexibility index (Phi) is 8.16. The Labute approximate surface area is 210 Å². The number of benzene rings is 3. The molecule has 0 saturated carbocycles. The summed E-state index contributed by atoms with van der Waals surface area (Å²) in [4.78, 5) is 17.2. The van der Waals surface area contributed by atoms with Gasteiger partial charge in [-0.25, -0.2) is 4.98 Å². The molecule has 180 valence electrons. The highest BCUT2D eigenvalue weighted by Crippen LogP contribution is 2.30. The maximum atomic E-state index is 12.4. The standard InChI is InChI=1S/C29H30N2O3S/c1-4-34-26-15-9-21(17-27(26)33-3)10-16-28(32)30-18-22-7-13-24(14-8-22)29-31-25(19-35-29)23-11-5-20(2)6-12-23/h5-9,11-15,17,19H,4,10,16,18H2,1-3H3,(H,30,32). The summed E-state index contributed by atoms with van der Waals surface area (Å²) >= 11 is 1.64. The van der Waals surface area contributed by atoms with Gasteiger partial charge in [0.1, 0.15) is 5.01 Å². The Hall–Kier alpha value is -3.64. The minimum atomic E-state index is 0.0181. The fraction of sp³-hybridized carbons (Fsp3) is 0.241. The quantitative estimate of drug-likeness (QED) is 0.280. The van der Waals surface area contributed by atoms with Crippen LogP contribution in [0, 0.1) is 6.92 Å². The molecule has 0 atom stereocenters. The molecule has 0 aliphatic rings. The Morgan fingerprint density at radius 1 is 0.943 bits per heavy atom. The van der Waals surface area contributed by atoms with Gasteiger partial charge >= 0.3 is 0 Å². The van der Waals surface area contributed by atoms with E-state index in [1.165, 1.54) is 5.56 Å². The van der Waals surface area contributed by atoms with Gasteiger partial charge < -0.3 is 14.8 Å². The van der Waals surface area contributed by atoms with E-state index < -0.39 is 0 Å². The molecule has 35 heavy (non-hydrogen) atoms. The van der Waals surface area contributed by atoms with Crippen LogP contribution in [-0.2, 0) is 17.8 Å². The first kappa shape index (κ1) is 24.5. The molecule has 0 saturated heterocycles. The number of carbonyl (C=O) groups excluding carboxylic acids is 1. The molecule has 1 aromatic heterocycles. The topological polar surface area (TPSA) is 60.5 Å². The van der Waals surface area contributed by atoms with Crippen molar-refractivity contribution < 1.29 is 14.3 Å². The lowest BCUT2D eigenvalue weighted by atomic mass is 10.1. The zero-order valence-corrected chi connectivity index (χ0v) is 21.2. The van der Waals surface area contributed by atoms with Crippen LogP contribution in [-0.4, -0.2) is 24.6 Å². The van der Waals surface area contributed by atoms with Crippen LogP contribution in [0.5, 0.6) is 11.5 Å². The maximum Gasteiger partial charge on any atom is 0.220 e. The van der Waals surface area contributed by atoms with Crippen molar-refractivity contribution in [3.05, 3.63) is 88.8 Å². The van der Waals surface area contributed by atoms with E-state index in [1.54, 1.807) is 18.4 Å². The summed E-state index contributed by atoms with van der Waals surface area (Å²) < 4.78 is 10.9. The van der Waals surface area contributed by atoms with Gasteiger partial charge in [0.05, 0.1) is 19.4 Å². The highest BCUT2D eigenvalue weighted by Gasteiger charge is 2.09. The summed E-state index contributed by atoms with van der Waals surface area (Å²) in [7, 11) is 1.62. The Bertz CT molecular complexity index is 1260. The number of nitrogens with one attached hydrogen (secondary N) is 1. The number of amides is 1. The van der Waals surface area contributed by atoms with E-state index >= 15 is 0 Å². The second kappa shape index (κ2) is 11.7. The molecular weight excluding hydrogens is 456 g/mol. The van der Waals surface area contributed by atoms with Crippen LogP contribution in [0.25, 0.3) is 21.8 Å². The zero-order valence-electron chi connectivity index (χ0n) is 20.3. The molecule has 0 fully saturated rings. The molecule has 1 amide bonds. The van der Waals surface area contributed by atoms with Gasteiger partial charge in [-0.2, -0.15) is 0 Å². The van der Waals surface area contributed by atoms with E-state index in [2.05, 4.69) is 54.0 Å². The third-order valence-corrected chi connectivity index (χ3v) is 6.60. The number of rotatable bonds is 10. The largest absolute Gasteiger partial charge is 0.493 e. The molecule has 1 heterocycles. The van der Waals surface area contributed by atoms with Crippen LogP contribution < -0.4 is 14.8 Å². The number of methoxy groups -OCH3 is 1. The molecular formula is C29H30N2O3S. The van der Waals surface area contributed by atoms with E-state index in [4.69, 9.17) is 14.5 Å². The second-order valence-corrected chi connectivity index (χ2v) is 9.15. The van der Waals surface area contributed by atoms with Crippen LogP contribution in [0.15, 0.2) is 72.1 Å². The highest BCUT2D eigenvalue weighted by atomic mass is 32.1. The number of ether oxygens (including phenoxy) is 2. The number of hydrogen-bond acceptors (Lipinski definition) is 5. The van der Waals surface area contributed by atoms with Crippen molar-refractivity contribution >= 4 is 17.2 Å². The lowest BCUT2D eigenvalue weighted by molar-refractivity contribution is -0.121. The third-order valence-electron chi connectivity index (χ3n) is 5.71. The molecule has 0 bridgehead atoms. The molecule has 0 aliphatic carbocycles. The van der Waals surface area contributed by atoms with Crippen molar-refractivity contribution in [2.75, 3.05) is 13.7 Å². The molecule has 0 spiro atoms. The van der Waals surface area contributed by atoms with Crippen molar-refractivity contribution in [1.29, 1.82) is 0 Å². The van der Waals surface area contributed by atoms with E-state index in [1.807, 2.05) is 37.3 Å². The van der Waals surface area contributed by atoms with Crippen LogP contribution in [0.3, 0.4) is 0 Å². The molecule has 0 unspecified atom stereocenters. The van der Waals surface area contributed by atoms with Crippen LogP contribution in [0.4, 0.5) is 0 Å². The van der Waals surface area contributed by atoms with Crippen LogP contribution in [0.2, 0.25) is 0 Å². The number of thiazole rings is 1. The number of aryl methyl sites for hydroxylation is 2. The summed E-state index contributed by atoms with van der Waals surface area (Å²) in [6.45, 7) is 5.10. The van der Waals surface area contributed by atoms with Crippen LogP contribution >= 0.6 is 11.3 Å². The van der Waals surface area contributed by atoms with Crippen molar-refractivity contribution in [3.8, 4) is 33.3 Å². The van der Waals surface area contributed by atoms with E-state index in [9.17, 15) is 4.79 Å². The van der Waals surface area contributed by atoms with Crippen molar-refractivity contribution in [2.45, 2.75) is 33.2 Å². The SMILES string of the molecule is CCOc1ccc(CCC(=O)NCc2ccc(-c3nc(-c4ccc(C)cc4)cs3)cc2)cc1OC. The number of carbonyl (C=O) groups is 1. The summed E-state index contributed by atoms with van der Waals surface area (Å²) in [5.41, 5.74) is 6.53. The Morgan fingerprint density at radius 2 is 1.66 bits per heavy atom. The fourth-order valence-electron chi connectivity index (χ4n) is 3.72. The average Bonchev–Trinajstić information content (AvgIpc) is 3.38. The van der Waals surface area contributed by atoms with Gasteiger partial charge in [0.2, 0.25) is 5.91 Å². The molecule has 1 N–H and O–H groups in total. The fourth-order valence-corrected chi connectivity index (χ4v) is 4.55. The van der Waals surface area contributed by atoms with Gasteiger partial charge in [0.15, 0.2) is 11.5 Å². The van der Waals surface area contributed by atoms with Gasteiger partial charge in [-0.1, -0.05) is 60.2 Å². The Morgan fingerprint density at radius 3 is 2.37 bits per heavy atom. The van der Waals surface area contributed by atoms with Crippen molar-refractivity contribution in [1.82, 2.24) is 10.3 Å². The zero-order chi connectivity index (χ0) is 24.6. The first-order chi connectivity index (χ1) is 17.1. The van der Waals surface area contributed by atoms with Gasteiger partial charge in [-0.3, -0.25) is 4.79 Å². The maximum absolute atomic E-state index is 12.4. The van der Waals surface area contributed by atoms with Gasteiger partial charge in [-0.15, -0.1) is 11.3 Å². The lowest BCUT2D eigenvalue weighted by Gasteiger charge is -2.11. The van der Waals surface area contributed by atoms with Crippen molar-refractivity contribution in [3.63, 3.8) is 0 Å². The molecule has 4 aromatic rings. The third kappa shape index (κ3) is 6.49. The predicted octanol–water partition coefficient (Wildman–Crippen LogP) is 6.44.